The molecule has 0 aliphatic heterocycles. The molecule has 5 heteroatoms. The van der Waals surface area contributed by atoms with Gasteiger partial charge in [0.05, 0.1) is 5.56 Å². The molecule has 0 spiro atoms. The molecule has 0 aromatic heterocycles. The molecule has 0 saturated carbocycles. The van der Waals surface area contributed by atoms with Crippen molar-refractivity contribution < 1.29 is 19.1 Å². The van der Waals surface area contributed by atoms with Crippen molar-refractivity contribution in [3.8, 4) is 0 Å². The van der Waals surface area contributed by atoms with Crippen LogP contribution in [-0.4, -0.2) is 23.8 Å². The summed E-state index contributed by atoms with van der Waals surface area (Å²) in [6.07, 6.45) is -0.267. The Hall–Kier alpha value is -3.73. The molecule has 3 aromatic rings. The molecule has 1 atom stereocenters. The van der Waals surface area contributed by atoms with Gasteiger partial charge in [0.1, 0.15) is 0 Å². The molecule has 1 amide bonds. The fraction of sp³-hybridized carbons (Fsp3) is 0.192. The summed E-state index contributed by atoms with van der Waals surface area (Å²) in [5, 5.41) is 2.87. The standard InChI is InChI=1S/C26H25NO4/c1-4-19-14-10-11-17(2)23(19)27-25(29)18(3)31-26(30)22-16-9-8-15-21(22)24(28)20-12-6-5-7-13-20/h5-16,18H,4H2,1-3H3,(H,27,29)/t18-/m0/s1. The average molecular weight is 415 g/mol. The number of anilines is 1. The molecular formula is C26H25NO4. The lowest BCUT2D eigenvalue weighted by Crippen LogP contribution is -2.31. The summed E-state index contributed by atoms with van der Waals surface area (Å²) in [4.78, 5) is 38.3. The monoisotopic (exact) mass is 415 g/mol. The van der Waals surface area contributed by atoms with Crippen LogP contribution in [0.3, 0.4) is 0 Å². The van der Waals surface area contributed by atoms with Crippen LogP contribution in [0.4, 0.5) is 5.69 Å². The Morgan fingerprint density at radius 2 is 1.52 bits per heavy atom. The fourth-order valence-electron chi connectivity index (χ4n) is 3.31. The lowest BCUT2D eigenvalue weighted by molar-refractivity contribution is -0.123. The Morgan fingerprint density at radius 3 is 2.19 bits per heavy atom. The zero-order chi connectivity index (χ0) is 22.4. The van der Waals surface area contributed by atoms with Crippen LogP contribution in [0.15, 0.2) is 72.8 Å². The smallest absolute Gasteiger partial charge is 0.339 e. The zero-order valence-corrected chi connectivity index (χ0v) is 17.8. The molecule has 3 rings (SSSR count). The Kier molecular flexibility index (Phi) is 6.98. The van der Waals surface area contributed by atoms with Gasteiger partial charge in [0.25, 0.3) is 5.91 Å². The summed E-state index contributed by atoms with van der Waals surface area (Å²) in [6.45, 7) is 5.43. The van der Waals surface area contributed by atoms with Crippen LogP contribution in [0, 0.1) is 6.92 Å². The van der Waals surface area contributed by atoms with Crippen molar-refractivity contribution in [2.75, 3.05) is 5.32 Å². The summed E-state index contributed by atoms with van der Waals surface area (Å²) in [6, 6.07) is 21.0. The number of para-hydroxylation sites is 1. The van der Waals surface area contributed by atoms with Crippen LogP contribution >= 0.6 is 0 Å². The van der Waals surface area contributed by atoms with E-state index in [1.807, 2.05) is 38.1 Å². The largest absolute Gasteiger partial charge is 0.449 e. The Bertz CT molecular complexity index is 1110. The van der Waals surface area contributed by atoms with Crippen molar-refractivity contribution in [2.24, 2.45) is 0 Å². The van der Waals surface area contributed by atoms with Crippen molar-refractivity contribution in [1.82, 2.24) is 0 Å². The molecule has 0 radical (unpaired) electrons. The third-order valence-electron chi connectivity index (χ3n) is 5.07. The minimum atomic E-state index is -1.03. The maximum atomic E-state index is 12.9. The number of hydrogen-bond acceptors (Lipinski definition) is 4. The highest BCUT2D eigenvalue weighted by Crippen LogP contribution is 2.22. The van der Waals surface area contributed by atoms with Gasteiger partial charge in [-0.15, -0.1) is 0 Å². The quantitative estimate of drug-likeness (QED) is 0.437. The molecule has 0 saturated heterocycles. The van der Waals surface area contributed by atoms with Crippen molar-refractivity contribution >= 4 is 23.3 Å². The van der Waals surface area contributed by atoms with Gasteiger partial charge in [-0.05, 0) is 37.5 Å². The number of rotatable bonds is 7. The second-order valence-electron chi connectivity index (χ2n) is 7.24. The molecule has 0 aliphatic carbocycles. The summed E-state index contributed by atoms with van der Waals surface area (Å²) in [5.74, 6) is -1.43. The first-order valence-electron chi connectivity index (χ1n) is 10.2. The minimum absolute atomic E-state index is 0.126. The van der Waals surface area contributed by atoms with Crippen LogP contribution < -0.4 is 5.32 Å². The normalized spacial score (nSPS) is 11.5. The van der Waals surface area contributed by atoms with Gasteiger partial charge in [0.2, 0.25) is 0 Å². The Labute approximate surface area is 182 Å². The van der Waals surface area contributed by atoms with Crippen LogP contribution in [0.5, 0.6) is 0 Å². The maximum Gasteiger partial charge on any atom is 0.339 e. The Balaban J connectivity index is 1.76. The molecule has 0 aliphatic rings. The number of ether oxygens (including phenoxy) is 1. The zero-order valence-electron chi connectivity index (χ0n) is 17.8. The van der Waals surface area contributed by atoms with E-state index in [-0.39, 0.29) is 16.9 Å². The molecule has 31 heavy (non-hydrogen) atoms. The summed E-state index contributed by atoms with van der Waals surface area (Å²) >= 11 is 0. The molecule has 158 valence electrons. The molecule has 0 bridgehead atoms. The number of esters is 1. The predicted molar refractivity (Wildman–Crippen MR) is 120 cm³/mol. The van der Waals surface area contributed by atoms with E-state index in [0.29, 0.717) is 5.56 Å². The SMILES string of the molecule is CCc1cccc(C)c1NC(=O)[C@H](C)OC(=O)c1ccccc1C(=O)c1ccccc1. The van der Waals surface area contributed by atoms with Gasteiger partial charge in [-0.2, -0.15) is 0 Å². The van der Waals surface area contributed by atoms with Crippen molar-refractivity contribution in [3.63, 3.8) is 0 Å². The van der Waals surface area contributed by atoms with Gasteiger partial charge >= 0.3 is 5.97 Å². The number of carbonyl (C=O) groups excluding carboxylic acids is 3. The van der Waals surface area contributed by atoms with Crippen molar-refractivity contribution in [2.45, 2.75) is 33.3 Å². The van der Waals surface area contributed by atoms with Crippen LogP contribution in [0.2, 0.25) is 0 Å². The number of aryl methyl sites for hydroxylation is 2. The van der Waals surface area contributed by atoms with E-state index in [2.05, 4.69) is 5.32 Å². The van der Waals surface area contributed by atoms with E-state index < -0.39 is 18.0 Å². The van der Waals surface area contributed by atoms with E-state index in [4.69, 9.17) is 4.74 Å². The highest BCUT2D eigenvalue weighted by atomic mass is 16.5. The predicted octanol–water partition coefficient (Wildman–Crippen LogP) is 4.97. The van der Waals surface area contributed by atoms with Gasteiger partial charge in [-0.1, -0.05) is 73.7 Å². The molecule has 1 N–H and O–H groups in total. The lowest BCUT2D eigenvalue weighted by Gasteiger charge is -2.17. The van der Waals surface area contributed by atoms with E-state index in [1.54, 1.807) is 42.5 Å². The topological polar surface area (TPSA) is 72.5 Å². The molecule has 0 fully saturated rings. The first-order valence-corrected chi connectivity index (χ1v) is 10.2. The van der Waals surface area contributed by atoms with E-state index in [1.165, 1.54) is 13.0 Å². The number of ketones is 1. The number of nitrogens with one attached hydrogen (secondary N) is 1. The molecule has 3 aromatic carbocycles. The van der Waals surface area contributed by atoms with Gasteiger partial charge < -0.3 is 10.1 Å². The molecular weight excluding hydrogens is 390 g/mol. The second kappa shape index (κ2) is 9.85. The Morgan fingerprint density at radius 1 is 0.871 bits per heavy atom. The highest BCUT2D eigenvalue weighted by molar-refractivity contribution is 6.14. The summed E-state index contributed by atoms with van der Waals surface area (Å²) in [5.41, 5.74) is 3.51. The van der Waals surface area contributed by atoms with E-state index >= 15 is 0 Å². The second-order valence-corrected chi connectivity index (χ2v) is 7.24. The van der Waals surface area contributed by atoms with Crippen molar-refractivity contribution in [3.05, 3.63) is 101 Å². The first-order chi connectivity index (χ1) is 14.9. The van der Waals surface area contributed by atoms with Crippen LogP contribution in [0.1, 0.15) is 51.3 Å². The minimum Gasteiger partial charge on any atom is -0.449 e. The fourth-order valence-corrected chi connectivity index (χ4v) is 3.31. The first kappa shape index (κ1) is 22.0. The molecule has 0 heterocycles. The van der Waals surface area contributed by atoms with Gasteiger partial charge in [-0.25, -0.2) is 4.79 Å². The van der Waals surface area contributed by atoms with Crippen LogP contribution in [-0.2, 0) is 16.0 Å². The van der Waals surface area contributed by atoms with E-state index in [0.717, 1.165) is 23.2 Å². The highest BCUT2D eigenvalue weighted by Gasteiger charge is 2.24. The number of carbonyl (C=O) groups is 3. The average Bonchev–Trinajstić information content (AvgIpc) is 2.80. The molecule has 5 nitrogen and oxygen atoms in total. The number of benzene rings is 3. The number of hydrogen-bond donors (Lipinski definition) is 1. The van der Waals surface area contributed by atoms with Gasteiger partial charge in [-0.3, -0.25) is 9.59 Å². The van der Waals surface area contributed by atoms with Gasteiger partial charge in [0, 0.05) is 16.8 Å². The summed E-state index contributed by atoms with van der Waals surface area (Å²) < 4.78 is 5.41. The number of amides is 1. The molecule has 0 unspecified atom stereocenters. The third-order valence-corrected chi connectivity index (χ3v) is 5.07. The van der Waals surface area contributed by atoms with Gasteiger partial charge in [0.15, 0.2) is 11.9 Å². The summed E-state index contributed by atoms with van der Waals surface area (Å²) in [7, 11) is 0. The third kappa shape index (κ3) is 5.07. The lowest BCUT2D eigenvalue weighted by atomic mass is 9.98. The maximum absolute atomic E-state index is 12.9. The van der Waals surface area contributed by atoms with Crippen molar-refractivity contribution in [1.29, 1.82) is 0 Å². The van der Waals surface area contributed by atoms with E-state index in [9.17, 15) is 14.4 Å². The van der Waals surface area contributed by atoms with Crippen LogP contribution in [0.25, 0.3) is 0 Å².